The molecule has 0 unspecified atom stereocenters. The van der Waals surface area contributed by atoms with E-state index < -0.39 is 18.4 Å². The van der Waals surface area contributed by atoms with Gasteiger partial charge in [0.25, 0.3) is 0 Å². The molecule has 0 atom stereocenters. The molecule has 0 amide bonds. The van der Waals surface area contributed by atoms with Crippen LogP contribution in [0.1, 0.15) is 83.7 Å². The summed E-state index contributed by atoms with van der Waals surface area (Å²) >= 11 is -2.39. The summed E-state index contributed by atoms with van der Waals surface area (Å²) in [6.45, 7) is 6.99. The maximum atomic E-state index is 5.15. The Morgan fingerprint density at radius 1 is 0.955 bits per heavy atom. The molecule has 0 spiro atoms. The molecule has 1 saturated carbocycles. The molecule has 0 N–H and O–H groups in total. The molecule has 1 heterocycles. The topological polar surface area (TPSA) is 25.8 Å². The first-order chi connectivity index (χ1) is 10.8. The number of aromatic nitrogens is 2. The Kier molecular flexibility index (Phi) is 7.65. The average molecular weight is 409 g/mol. The van der Waals surface area contributed by atoms with Crippen LogP contribution in [0.2, 0.25) is 13.3 Å². The molecule has 1 aromatic heterocycles. The van der Waals surface area contributed by atoms with Crippen molar-refractivity contribution < 1.29 is 0 Å². The molecule has 0 saturated heterocycles. The molecule has 1 fully saturated rings. The standard InChI is InChI=1S/C7H7N2.3C4H9.Sn/c1-2-6(1)7-3-4-8-5-9-7;3*1-3-4-2;/h3-4,6H,1-2H2;3*1,3-4H2,2H3;. The summed E-state index contributed by atoms with van der Waals surface area (Å²) in [4.78, 5) is 10.0. The molecule has 0 aliphatic heterocycles. The number of unbranched alkanes of at least 4 members (excludes halogenated alkanes) is 3. The van der Waals surface area contributed by atoms with Gasteiger partial charge in [-0.3, -0.25) is 0 Å². The molecule has 0 bridgehead atoms. The van der Waals surface area contributed by atoms with Crippen molar-refractivity contribution in [2.45, 2.75) is 91.4 Å². The van der Waals surface area contributed by atoms with E-state index in [0.717, 1.165) is 5.92 Å². The Balaban J connectivity index is 2.27. The molecule has 124 valence electrons. The predicted octanol–water partition coefficient (Wildman–Crippen LogP) is 5.41. The van der Waals surface area contributed by atoms with Crippen molar-refractivity contribution in [2.75, 3.05) is 0 Å². The van der Waals surface area contributed by atoms with Crippen LogP contribution in [-0.4, -0.2) is 28.3 Å². The van der Waals surface area contributed by atoms with Gasteiger partial charge in [-0.05, 0) is 0 Å². The van der Waals surface area contributed by atoms with Gasteiger partial charge in [0.05, 0.1) is 0 Å². The first kappa shape index (κ1) is 18.2. The molecule has 2 rings (SSSR count). The SMILES string of the molecule is CCC[CH2][Sn]([CH2]CCC)([CH2]CCC)[c]1nccc(C2CC2)n1. The zero-order valence-corrected chi connectivity index (χ0v) is 17.8. The third-order valence-electron chi connectivity index (χ3n) is 5.17. The molecular weight excluding hydrogens is 375 g/mol. The van der Waals surface area contributed by atoms with Crippen molar-refractivity contribution >= 4 is 22.2 Å². The van der Waals surface area contributed by atoms with Crippen LogP contribution in [0.3, 0.4) is 0 Å². The van der Waals surface area contributed by atoms with Gasteiger partial charge in [-0.15, -0.1) is 0 Å². The Morgan fingerprint density at radius 2 is 1.50 bits per heavy atom. The van der Waals surface area contributed by atoms with Gasteiger partial charge in [0.1, 0.15) is 0 Å². The first-order valence-corrected chi connectivity index (χ1v) is 17.1. The van der Waals surface area contributed by atoms with Crippen LogP contribution >= 0.6 is 0 Å². The molecule has 0 radical (unpaired) electrons. The molecule has 1 aliphatic rings. The minimum atomic E-state index is -2.39. The monoisotopic (exact) mass is 410 g/mol. The van der Waals surface area contributed by atoms with Crippen LogP contribution in [-0.2, 0) is 0 Å². The van der Waals surface area contributed by atoms with Gasteiger partial charge in [0.15, 0.2) is 0 Å². The summed E-state index contributed by atoms with van der Waals surface area (Å²) in [6, 6.07) is 2.18. The van der Waals surface area contributed by atoms with Crippen LogP contribution in [0.15, 0.2) is 12.3 Å². The van der Waals surface area contributed by atoms with Gasteiger partial charge in [-0.1, -0.05) is 0 Å². The summed E-state index contributed by atoms with van der Waals surface area (Å²) in [6.07, 6.45) is 12.9. The number of nitrogens with zero attached hydrogens (tertiary/aromatic N) is 2. The van der Waals surface area contributed by atoms with Gasteiger partial charge in [0, 0.05) is 0 Å². The Labute approximate surface area is 141 Å². The summed E-state index contributed by atoms with van der Waals surface area (Å²) in [7, 11) is 0. The predicted molar refractivity (Wildman–Crippen MR) is 98.5 cm³/mol. The number of hydrogen-bond donors (Lipinski definition) is 0. The maximum absolute atomic E-state index is 5.15. The molecule has 1 aromatic rings. The molecule has 1 aliphatic carbocycles. The van der Waals surface area contributed by atoms with Crippen LogP contribution in [0.25, 0.3) is 0 Å². The van der Waals surface area contributed by atoms with Gasteiger partial charge in [-0.2, -0.15) is 0 Å². The first-order valence-electron chi connectivity index (χ1n) is 9.59. The van der Waals surface area contributed by atoms with E-state index in [4.69, 9.17) is 9.97 Å². The molecule has 0 aromatic carbocycles. The third kappa shape index (κ3) is 4.94. The van der Waals surface area contributed by atoms with Crippen molar-refractivity contribution in [2.24, 2.45) is 0 Å². The zero-order chi connectivity index (χ0) is 15.8. The Morgan fingerprint density at radius 3 is 1.95 bits per heavy atom. The molecule has 2 nitrogen and oxygen atoms in total. The van der Waals surface area contributed by atoms with Crippen molar-refractivity contribution in [1.82, 2.24) is 9.97 Å². The van der Waals surface area contributed by atoms with E-state index in [-0.39, 0.29) is 0 Å². The molecule has 3 heteroatoms. The van der Waals surface area contributed by atoms with E-state index in [1.165, 1.54) is 74.2 Å². The van der Waals surface area contributed by atoms with E-state index in [2.05, 4.69) is 33.0 Å². The van der Waals surface area contributed by atoms with Crippen molar-refractivity contribution in [3.63, 3.8) is 0 Å². The van der Waals surface area contributed by atoms with E-state index >= 15 is 0 Å². The number of hydrogen-bond acceptors (Lipinski definition) is 2. The van der Waals surface area contributed by atoms with Crippen molar-refractivity contribution in [3.05, 3.63) is 18.0 Å². The quantitative estimate of drug-likeness (QED) is 0.457. The zero-order valence-electron chi connectivity index (χ0n) is 14.9. The normalized spacial score (nSPS) is 15.2. The van der Waals surface area contributed by atoms with Gasteiger partial charge in [0.2, 0.25) is 0 Å². The molecule has 22 heavy (non-hydrogen) atoms. The minimum absolute atomic E-state index is 0.759. The summed E-state index contributed by atoms with van der Waals surface area (Å²) in [5.74, 6) is 0.759. The van der Waals surface area contributed by atoms with E-state index in [1.807, 2.05) is 0 Å². The van der Waals surface area contributed by atoms with E-state index in [1.54, 1.807) is 0 Å². The second kappa shape index (κ2) is 9.24. The van der Waals surface area contributed by atoms with Crippen LogP contribution in [0, 0.1) is 0 Å². The van der Waals surface area contributed by atoms with Gasteiger partial charge >= 0.3 is 142 Å². The van der Waals surface area contributed by atoms with Gasteiger partial charge < -0.3 is 0 Å². The number of rotatable bonds is 11. The molecular formula is C19H34N2Sn. The van der Waals surface area contributed by atoms with Gasteiger partial charge in [-0.25, -0.2) is 0 Å². The average Bonchev–Trinajstić information content (AvgIpc) is 3.40. The van der Waals surface area contributed by atoms with Crippen molar-refractivity contribution in [3.8, 4) is 0 Å². The summed E-state index contributed by atoms with van der Waals surface area (Å²) in [5, 5.41) is 0. The van der Waals surface area contributed by atoms with Crippen LogP contribution in [0.4, 0.5) is 0 Å². The van der Waals surface area contributed by atoms with Crippen LogP contribution < -0.4 is 3.84 Å². The van der Waals surface area contributed by atoms with Crippen molar-refractivity contribution in [1.29, 1.82) is 0 Å². The third-order valence-corrected chi connectivity index (χ3v) is 19.8. The Hall–Kier alpha value is -0.121. The van der Waals surface area contributed by atoms with E-state index in [0.29, 0.717) is 0 Å². The fourth-order valence-corrected chi connectivity index (χ4v) is 18.4. The summed E-state index contributed by atoms with van der Waals surface area (Å²) in [5.41, 5.74) is 1.36. The Bertz CT molecular complexity index is 421. The summed E-state index contributed by atoms with van der Waals surface area (Å²) < 4.78 is 5.78. The van der Waals surface area contributed by atoms with Crippen LogP contribution in [0.5, 0.6) is 0 Å². The fraction of sp³-hybridized carbons (Fsp3) is 0.789. The second-order valence-corrected chi connectivity index (χ2v) is 20.0. The fourth-order valence-electron chi connectivity index (χ4n) is 3.49. The van der Waals surface area contributed by atoms with E-state index in [9.17, 15) is 0 Å². The second-order valence-electron chi connectivity index (χ2n) is 7.17.